The number of nitrogens with two attached hydrogens (primary N) is 1. The van der Waals surface area contributed by atoms with Gasteiger partial charge in [0.05, 0.1) is 17.8 Å². The average molecular weight is 512 g/mol. The number of alkyl halides is 1. The van der Waals surface area contributed by atoms with Crippen LogP contribution in [0.3, 0.4) is 0 Å². The predicted octanol–water partition coefficient (Wildman–Crippen LogP) is 4.72. The van der Waals surface area contributed by atoms with Crippen LogP contribution in [0.15, 0.2) is 53.7 Å². The molecule has 2 aliphatic heterocycles. The van der Waals surface area contributed by atoms with E-state index in [0.717, 1.165) is 11.8 Å². The number of aliphatic imine (C=N–C) groups is 1. The van der Waals surface area contributed by atoms with Gasteiger partial charge in [-0.1, -0.05) is 24.4 Å². The number of aromatic nitrogens is 1. The van der Waals surface area contributed by atoms with E-state index in [1.165, 1.54) is 47.5 Å². The second kappa shape index (κ2) is 9.47. The summed E-state index contributed by atoms with van der Waals surface area (Å²) < 4.78 is 42.6. The molecular weight excluding hydrogens is 487 g/mol. The molecule has 2 aromatic rings. The Kier molecular flexibility index (Phi) is 6.71. The minimum Gasteiger partial charge on any atom is -0.378 e. The number of likely N-dealkylation sites (tertiary alicyclic amines) is 1. The van der Waals surface area contributed by atoms with Crippen molar-refractivity contribution in [2.75, 3.05) is 13.1 Å². The van der Waals surface area contributed by atoms with Gasteiger partial charge < -0.3 is 10.6 Å². The third-order valence-corrected chi connectivity index (χ3v) is 7.71. The molecule has 1 fully saturated rings. The van der Waals surface area contributed by atoms with Crippen LogP contribution in [0.4, 0.5) is 13.2 Å². The van der Waals surface area contributed by atoms with E-state index in [2.05, 4.69) is 16.6 Å². The molecule has 10 heteroatoms. The van der Waals surface area contributed by atoms with Crippen molar-refractivity contribution in [2.45, 2.75) is 36.7 Å². The highest BCUT2D eigenvalue weighted by molar-refractivity contribution is 8.15. The van der Waals surface area contributed by atoms with Crippen molar-refractivity contribution in [2.24, 2.45) is 10.7 Å². The van der Waals surface area contributed by atoms with E-state index < -0.39 is 28.1 Å². The number of rotatable bonds is 4. The summed E-state index contributed by atoms with van der Waals surface area (Å²) in [6.45, 7) is 7.60. The molecule has 2 N–H and O–H groups in total. The van der Waals surface area contributed by atoms with E-state index in [1.807, 2.05) is 6.07 Å². The number of amidine groups is 1. The zero-order chi connectivity index (χ0) is 26.3. The summed E-state index contributed by atoms with van der Waals surface area (Å²) in [6.07, 6.45) is 1.59. The number of halogens is 3. The molecule has 3 atom stereocenters. The molecule has 0 spiro atoms. The molecule has 3 heterocycles. The molecule has 2 aliphatic rings. The molecule has 1 aromatic heterocycles. The largest absolute Gasteiger partial charge is 0.378 e. The fourth-order valence-corrected chi connectivity index (χ4v) is 5.66. The van der Waals surface area contributed by atoms with Crippen molar-refractivity contribution in [3.05, 3.63) is 76.9 Å². The summed E-state index contributed by atoms with van der Waals surface area (Å²) >= 11 is 1.000. The van der Waals surface area contributed by atoms with Crippen LogP contribution in [0.2, 0.25) is 0 Å². The molecule has 0 radical (unpaired) electrons. The molecule has 186 valence electrons. The SMILES string of the molecule is C=C1[C@@](C)(C(=O)N2CC[C@@H](F)C2)SC(N)=N[C@]1(C)c1cc(/C=C(\F)c2ccc(C#N)cn2)ccc1F. The van der Waals surface area contributed by atoms with Crippen molar-refractivity contribution < 1.29 is 18.0 Å². The highest BCUT2D eigenvalue weighted by Gasteiger charge is 2.52. The molecule has 1 amide bonds. The van der Waals surface area contributed by atoms with Gasteiger partial charge in [-0.25, -0.2) is 18.2 Å². The first kappa shape index (κ1) is 25.5. The van der Waals surface area contributed by atoms with Crippen LogP contribution in [0.25, 0.3) is 11.9 Å². The zero-order valence-electron chi connectivity index (χ0n) is 19.8. The Bertz CT molecular complexity index is 1340. The lowest BCUT2D eigenvalue weighted by Crippen LogP contribution is -2.52. The Labute approximate surface area is 211 Å². The average Bonchev–Trinajstić information content (AvgIpc) is 3.29. The van der Waals surface area contributed by atoms with Gasteiger partial charge >= 0.3 is 0 Å². The van der Waals surface area contributed by atoms with Crippen LogP contribution in [0.5, 0.6) is 0 Å². The molecule has 0 unspecified atom stereocenters. The fourth-order valence-electron chi connectivity index (χ4n) is 4.47. The lowest BCUT2D eigenvalue weighted by atomic mass is 9.77. The van der Waals surface area contributed by atoms with Gasteiger partial charge in [0.2, 0.25) is 5.91 Å². The molecule has 0 aliphatic carbocycles. The van der Waals surface area contributed by atoms with Crippen LogP contribution >= 0.6 is 11.8 Å². The quantitative estimate of drug-likeness (QED) is 0.600. The summed E-state index contributed by atoms with van der Waals surface area (Å²) in [7, 11) is 0. The summed E-state index contributed by atoms with van der Waals surface area (Å²) in [4.78, 5) is 23.2. The lowest BCUT2D eigenvalue weighted by molar-refractivity contribution is -0.131. The Morgan fingerprint density at radius 1 is 1.36 bits per heavy atom. The topological polar surface area (TPSA) is 95.4 Å². The summed E-state index contributed by atoms with van der Waals surface area (Å²) in [5, 5.41) is 8.95. The molecule has 1 aromatic carbocycles. The number of hydrogen-bond donors (Lipinski definition) is 1. The smallest absolute Gasteiger partial charge is 0.243 e. The summed E-state index contributed by atoms with van der Waals surface area (Å²) in [6, 6.07) is 8.73. The Morgan fingerprint density at radius 2 is 2.11 bits per heavy atom. The highest BCUT2D eigenvalue weighted by atomic mass is 32.2. The number of carbonyl (C=O) groups excluding carboxylic acids is 1. The monoisotopic (exact) mass is 511 g/mol. The van der Waals surface area contributed by atoms with Gasteiger partial charge in [-0.05, 0) is 61.7 Å². The van der Waals surface area contributed by atoms with Crippen molar-refractivity contribution in [1.82, 2.24) is 9.88 Å². The number of pyridine rings is 1. The highest BCUT2D eigenvalue weighted by Crippen LogP contribution is 2.50. The summed E-state index contributed by atoms with van der Waals surface area (Å²) in [5.41, 5.74) is 5.66. The number of nitriles is 1. The molecule has 6 nitrogen and oxygen atoms in total. The van der Waals surface area contributed by atoms with E-state index in [9.17, 15) is 13.6 Å². The Balaban J connectivity index is 1.72. The van der Waals surface area contributed by atoms with E-state index >= 15 is 4.39 Å². The van der Waals surface area contributed by atoms with E-state index in [-0.39, 0.29) is 47.4 Å². The van der Waals surface area contributed by atoms with Crippen LogP contribution in [0.1, 0.15) is 42.7 Å². The van der Waals surface area contributed by atoms with Gasteiger partial charge in [-0.3, -0.25) is 9.78 Å². The maximum absolute atomic E-state index is 15.2. The van der Waals surface area contributed by atoms with Crippen LogP contribution in [-0.4, -0.2) is 45.0 Å². The maximum atomic E-state index is 15.2. The Morgan fingerprint density at radius 3 is 2.72 bits per heavy atom. The molecular formula is C26H24F3N5OS. The standard InChI is InChI=1S/C26H24F3N5OS/c1-15-25(2,33-24(31)36-26(15,3)23(35)34-9-8-18(27)14-34)19-10-16(4-6-20(19)28)11-21(29)22-7-5-17(12-30)13-32-22/h4-7,10-11,13,18H,1,8-9,14H2,2-3H3,(H2,31,33)/b21-11-/t18-,25+,26+/m1/s1. The number of carbonyl (C=O) groups is 1. The number of hydrogen-bond acceptors (Lipinski definition) is 6. The van der Waals surface area contributed by atoms with Crippen LogP contribution in [0, 0.1) is 17.1 Å². The summed E-state index contributed by atoms with van der Waals surface area (Å²) in [5.74, 6) is -1.68. The van der Waals surface area contributed by atoms with Gasteiger partial charge in [-0.2, -0.15) is 5.26 Å². The molecule has 4 rings (SSSR count). The second-order valence-corrected chi connectivity index (χ2v) is 10.5. The van der Waals surface area contributed by atoms with Gasteiger partial charge in [-0.15, -0.1) is 0 Å². The fraction of sp³-hybridized carbons (Fsp3) is 0.308. The van der Waals surface area contributed by atoms with Gasteiger partial charge in [0.1, 0.15) is 34.2 Å². The third-order valence-electron chi connectivity index (χ3n) is 6.58. The van der Waals surface area contributed by atoms with Crippen molar-refractivity contribution >= 4 is 34.7 Å². The first-order chi connectivity index (χ1) is 17.0. The third kappa shape index (κ3) is 4.51. The Hall–Kier alpha value is -3.58. The number of thioether (sulfide) groups is 1. The van der Waals surface area contributed by atoms with E-state index in [4.69, 9.17) is 11.0 Å². The van der Waals surface area contributed by atoms with Crippen molar-refractivity contribution in [3.63, 3.8) is 0 Å². The first-order valence-electron chi connectivity index (χ1n) is 11.2. The second-order valence-electron chi connectivity index (χ2n) is 9.05. The van der Waals surface area contributed by atoms with Gasteiger partial charge in [0.25, 0.3) is 0 Å². The normalized spacial score (nSPS) is 26.5. The number of nitrogens with zero attached hydrogens (tertiary/aromatic N) is 4. The van der Waals surface area contributed by atoms with Crippen LogP contribution < -0.4 is 5.73 Å². The zero-order valence-corrected chi connectivity index (χ0v) is 20.6. The minimum atomic E-state index is -1.44. The van der Waals surface area contributed by atoms with Gasteiger partial charge in [0.15, 0.2) is 5.17 Å². The van der Waals surface area contributed by atoms with Gasteiger partial charge in [0, 0.05) is 18.3 Å². The number of benzene rings is 1. The first-order valence-corrected chi connectivity index (χ1v) is 12.0. The molecule has 0 bridgehead atoms. The molecule has 0 saturated carbocycles. The lowest BCUT2D eigenvalue weighted by Gasteiger charge is -2.44. The predicted molar refractivity (Wildman–Crippen MR) is 135 cm³/mol. The molecule has 1 saturated heterocycles. The van der Waals surface area contributed by atoms with Crippen molar-refractivity contribution in [1.29, 1.82) is 5.26 Å². The number of amides is 1. The van der Waals surface area contributed by atoms with E-state index in [0.29, 0.717) is 11.1 Å². The van der Waals surface area contributed by atoms with Crippen molar-refractivity contribution in [3.8, 4) is 6.07 Å². The minimum absolute atomic E-state index is 0.0155. The van der Waals surface area contributed by atoms with Crippen LogP contribution in [-0.2, 0) is 10.3 Å². The molecule has 36 heavy (non-hydrogen) atoms. The maximum Gasteiger partial charge on any atom is 0.243 e. The van der Waals surface area contributed by atoms with E-state index in [1.54, 1.807) is 13.8 Å².